The molecule has 0 saturated carbocycles. The van der Waals surface area contributed by atoms with Gasteiger partial charge in [0.05, 0.1) is 5.56 Å². The minimum atomic E-state index is -0.878. The molecule has 0 fully saturated rings. The number of carboxylic acid groups (broad SMARTS) is 1. The zero-order valence-electron chi connectivity index (χ0n) is 5.36. The fraction of sp³-hybridized carbons (Fsp3) is 0. The van der Waals surface area contributed by atoms with Crippen LogP contribution in [0.25, 0.3) is 0 Å². The summed E-state index contributed by atoms with van der Waals surface area (Å²) in [5.41, 5.74) is 0.334. The number of carboxylic acids is 1. The van der Waals surface area contributed by atoms with Crippen LogP contribution >= 0.6 is 22.6 Å². The van der Waals surface area contributed by atoms with Gasteiger partial charge in [-0.15, -0.1) is 0 Å². The Bertz CT molecular complexity index is 245. The molecule has 0 unspecified atom stereocenters. The maximum Gasteiger partial charge on any atom is 0.335 e. The Labute approximate surface area is 88.1 Å². The second kappa shape index (κ2) is 4.72. The average Bonchev–Trinajstić information content (AvgIpc) is 1.88. The van der Waals surface area contributed by atoms with Crippen molar-refractivity contribution in [2.75, 3.05) is 0 Å². The monoisotopic (exact) mass is 306 g/mol. The predicted molar refractivity (Wildman–Crippen MR) is 46.1 cm³/mol. The Hall–Kier alpha value is -0.0865. The van der Waals surface area contributed by atoms with Crippen molar-refractivity contribution in [1.29, 1.82) is 0 Å². The molecule has 0 saturated heterocycles. The predicted octanol–water partition coefficient (Wildman–Crippen LogP) is 1.99. The molecule has 1 N–H and O–H groups in total. The molecule has 1 aromatic carbocycles. The van der Waals surface area contributed by atoms with Crippen molar-refractivity contribution in [3.8, 4) is 0 Å². The van der Waals surface area contributed by atoms with E-state index in [1.54, 1.807) is 24.3 Å². The number of halogens is 1. The van der Waals surface area contributed by atoms with Crippen LogP contribution in [0.1, 0.15) is 10.4 Å². The third-order valence-corrected chi connectivity index (χ3v) is 1.81. The summed E-state index contributed by atoms with van der Waals surface area (Å²) >= 11 is 2.13. The molecule has 0 heterocycles. The van der Waals surface area contributed by atoms with Gasteiger partial charge in [0, 0.05) is 20.1 Å². The number of benzene rings is 1. The van der Waals surface area contributed by atoms with E-state index in [-0.39, 0.29) is 16.5 Å². The molecule has 62 valence electrons. The van der Waals surface area contributed by atoms with Crippen LogP contribution in [0, 0.1) is 3.57 Å². The standard InChI is InChI=1S/C7H5IO2.Ni/c8-6-3-1-5(2-4-6)7(9)10;/h1-4H,(H,9,10);. The Morgan fingerprint density at radius 2 is 1.73 bits per heavy atom. The zero-order chi connectivity index (χ0) is 7.56. The number of aromatic carboxylic acids is 1. The van der Waals surface area contributed by atoms with Gasteiger partial charge in [-0.05, 0) is 46.9 Å². The maximum atomic E-state index is 10.3. The molecular formula is C7H5INiO2. The van der Waals surface area contributed by atoms with E-state index < -0.39 is 5.97 Å². The minimum absolute atomic E-state index is 0. The summed E-state index contributed by atoms with van der Waals surface area (Å²) in [7, 11) is 0. The molecule has 11 heavy (non-hydrogen) atoms. The van der Waals surface area contributed by atoms with Crippen LogP contribution in [0.15, 0.2) is 24.3 Å². The summed E-state index contributed by atoms with van der Waals surface area (Å²) in [4.78, 5) is 10.3. The van der Waals surface area contributed by atoms with Crippen LogP contribution in [0.2, 0.25) is 0 Å². The molecule has 0 aromatic heterocycles. The fourth-order valence-corrected chi connectivity index (χ4v) is 0.952. The van der Waals surface area contributed by atoms with Gasteiger partial charge in [0.25, 0.3) is 0 Å². The van der Waals surface area contributed by atoms with E-state index in [4.69, 9.17) is 5.11 Å². The molecule has 4 heteroatoms. The number of hydrogen-bond donors (Lipinski definition) is 1. The Kier molecular flexibility index (Phi) is 4.69. The number of hydrogen-bond acceptors (Lipinski definition) is 1. The summed E-state index contributed by atoms with van der Waals surface area (Å²) < 4.78 is 1.04. The van der Waals surface area contributed by atoms with Crippen molar-refractivity contribution in [2.24, 2.45) is 0 Å². The van der Waals surface area contributed by atoms with Gasteiger partial charge in [-0.1, -0.05) is 0 Å². The molecule has 0 spiro atoms. The van der Waals surface area contributed by atoms with E-state index in [0.29, 0.717) is 5.56 Å². The first-order valence-corrected chi connectivity index (χ1v) is 3.77. The fourth-order valence-electron chi connectivity index (χ4n) is 0.592. The smallest absolute Gasteiger partial charge is 0.335 e. The van der Waals surface area contributed by atoms with Crippen molar-refractivity contribution in [3.63, 3.8) is 0 Å². The molecule has 0 amide bonds. The van der Waals surface area contributed by atoms with Crippen LogP contribution in [0.5, 0.6) is 0 Å². The molecular weight excluding hydrogens is 302 g/mol. The summed E-state index contributed by atoms with van der Waals surface area (Å²) in [5, 5.41) is 8.47. The quantitative estimate of drug-likeness (QED) is 0.636. The van der Waals surface area contributed by atoms with Gasteiger partial charge >= 0.3 is 5.97 Å². The number of rotatable bonds is 1. The van der Waals surface area contributed by atoms with Crippen LogP contribution in [-0.4, -0.2) is 11.1 Å². The van der Waals surface area contributed by atoms with Crippen LogP contribution < -0.4 is 0 Å². The van der Waals surface area contributed by atoms with Gasteiger partial charge in [0.15, 0.2) is 0 Å². The van der Waals surface area contributed by atoms with Crippen LogP contribution in [-0.2, 0) is 16.5 Å². The van der Waals surface area contributed by atoms with E-state index in [0.717, 1.165) is 3.57 Å². The second-order valence-electron chi connectivity index (χ2n) is 1.81. The molecule has 0 aliphatic rings. The molecule has 0 aliphatic heterocycles. The van der Waals surface area contributed by atoms with E-state index >= 15 is 0 Å². The molecule has 1 aromatic rings. The zero-order valence-corrected chi connectivity index (χ0v) is 8.50. The molecule has 0 bridgehead atoms. The van der Waals surface area contributed by atoms with Crippen molar-refractivity contribution in [2.45, 2.75) is 0 Å². The van der Waals surface area contributed by atoms with Crippen molar-refractivity contribution >= 4 is 28.6 Å². The molecule has 2 nitrogen and oxygen atoms in total. The minimum Gasteiger partial charge on any atom is -0.478 e. The molecule has 0 atom stereocenters. The van der Waals surface area contributed by atoms with E-state index in [1.165, 1.54) is 0 Å². The van der Waals surface area contributed by atoms with E-state index in [1.807, 2.05) is 0 Å². The first-order chi connectivity index (χ1) is 4.70. The topological polar surface area (TPSA) is 37.3 Å². The SMILES string of the molecule is O=C(O)c1ccc(I)cc1.[Ni]. The summed E-state index contributed by atoms with van der Waals surface area (Å²) in [6.07, 6.45) is 0. The first kappa shape index (κ1) is 10.9. The first-order valence-electron chi connectivity index (χ1n) is 2.69. The largest absolute Gasteiger partial charge is 0.478 e. The van der Waals surface area contributed by atoms with E-state index in [2.05, 4.69) is 22.6 Å². The maximum absolute atomic E-state index is 10.3. The van der Waals surface area contributed by atoms with Crippen LogP contribution in [0.3, 0.4) is 0 Å². The van der Waals surface area contributed by atoms with Crippen molar-refractivity contribution in [1.82, 2.24) is 0 Å². The second-order valence-corrected chi connectivity index (χ2v) is 3.06. The van der Waals surface area contributed by atoms with Gasteiger partial charge in [-0.2, -0.15) is 0 Å². The summed E-state index contributed by atoms with van der Waals surface area (Å²) in [5.74, 6) is -0.878. The normalized spacial score (nSPS) is 8.45. The van der Waals surface area contributed by atoms with Crippen molar-refractivity contribution < 1.29 is 26.4 Å². The third kappa shape index (κ3) is 3.21. The van der Waals surface area contributed by atoms with Crippen LogP contribution in [0.4, 0.5) is 0 Å². The summed E-state index contributed by atoms with van der Waals surface area (Å²) in [6, 6.07) is 6.71. The van der Waals surface area contributed by atoms with Gasteiger partial charge in [-0.25, -0.2) is 4.79 Å². The molecule has 0 radical (unpaired) electrons. The Balaban J connectivity index is 0.000001000. The Morgan fingerprint density at radius 3 is 2.09 bits per heavy atom. The number of carbonyl (C=O) groups is 1. The van der Waals surface area contributed by atoms with Crippen molar-refractivity contribution in [3.05, 3.63) is 33.4 Å². The van der Waals surface area contributed by atoms with Gasteiger partial charge in [0.2, 0.25) is 0 Å². The molecule has 0 aliphatic carbocycles. The van der Waals surface area contributed by atoms with E-state index in [9.17, 15) is 4.79 Å². The summed E-state index contributed by atoms with van der Waals surface area (Å²) in [6.45, 7) is 0. The van der Waals surface area contributed by atoms with Gasteiger partial charge in [-0.3, -0.25) is 0 Å². The Morgan fingerprint density at radius 1 is 1.27 bits per heavy atom. The van der Waals surface area contributed by atoms with Gasteiger partial charge in [0.1, 0.15) is 0 Å². The van der Waals surface area contributed by atoms with Gasteiger partial charge < -0.3 is 5.11 Å². The third-order valence-electron chi connectivity index (χ3n) is 1.09. The average molecular weight is 307 g/mol. The molecule has 1 rings (SSSR count).